The lowest BCUT2D eigenvalue weighted by atomic mass is 10.1. The van der Waals surface area contributed by atoms with Crippen molar-refractivity contribution in [3.8, 4) is 0 Å². The van der Waals surface area contributed by atoms with Gasteiger partial charge in [-0.3, -0.25) is 0 Å². The number of halogens is 1. The van der Waals surface area contributed by atoms with Gasteiger partial charge >= 0.3 is 0 Å². The van der Waals surface area contributed by atoms with E-state index in [1.807, 2.05) is 18.2 Å². The summed E-state index contributed by atoms with van der Waals surface area (Å²) >= 11 is 6.14. The van der Waals surface area contributed by atoms with Crippen molar-refractivity contribution in [2.45, 2.75) is 37.8 Å². The van der Waals surface area contributed by atoms with Crippen LogP contribution in [0.15, 0.2) is 28.8 Å². The van der Waals surface area contributed by atoms with Crippen molar-refractivity contribution < 1.29 is 9.26 Å². The highest BCUT2D eigenvalue weighted by Gasteiger charge is 2.21. The van der Waals surface area contributed by atoms with Crippen molar-refractivity contribution in [1.29, 1.82) is 0 Å². The zero-order valence-corrected chi connectivity index (χ0v) is 12.4. The SMILES string of the molecule is N[C@@H](c1nc(CC2CCCCO2)no1)c1ccccc1Cl. The third-order valence-corrected chi connectivity index (χ3v) is 4.02. The smallest absolute Gasteiger partial charge is 0.248 e. The summed E-state index contributed by atoms with van der Waals surface area (Å²) in [5.41, 5.74) is 6.93. The van der Waals surface area contributed by atoms with Crippen LogP contribution in [-0.2, 0) is 11.2 Å². The number of hydrogen-bond donors (Lipinski definition) is 1. The van der Waals surface area contributed by atoms with E-state index in [4.69, 9.17) is 26.6 Å². The first-order chi connectivity index (χ1) is 10.2. The highest BCUT2D eigenvalue weighted by molar-refractivity contribution is 6.31. The van der Waals surface area contributed by atoms with Gasteiger partial charge in [0.2, 0.25) is 5.89 Å². The Morgan fingerprint density at radius 3 is 2.95 bits per heavy atom. The molecular formula is C15H18ClN3O2. The average Bonchev–Trinajstić information content (AvgIpc) is 2.97. The molecule has 2 atom stereocenters. The molecule has 0 aliphatic carbocycles. The van der Waals surface area contributed by atoms with Crippen LogP contribution < -0.4 is 5.73 Å². The number of hydrogen-bond acceptors (Lipinski definition) is 5. The molecule has 1 unspecified atom stereocenters. The molecule has 1 aromatic heterocycles. The molecule has 6 heteroatoms. The molecule has 2 aromatic rings. The van der Waals surface area contributed by atoms with Crippen LogP contribution in [0.2, 0.25) is 5.02 Å². The molecule has 1 fully saturated rings. The molecule has 1 aliphatic heterocycles. The molecule has 0 bridgehead atoms. The molecule has 1 saturated heterocycles. The zero-order valence-electron chi connectivity index (χ0n) is 11.7. The van der Waals surface area contributed by atoms with Crippen molar-refractivity contribution in [3.05, 3.63) is 46.6 Å². The normalized spacial score (nSPS) is 20.4. The number of nitrogens with two attached hydrogens (primary N) is 1. The summed E-state index contributed by atoms with van der Waals surface area (Å²) in [6.45, 7) is 0.814. The summed E-state index contributed by atoms with van der Waals surface area (Å²) in [4.78, 5) is 4.38. The van der Waals surface area contributed by atoms with Crippen LogP contribution in [0.25, 0.3) is 0 Å². The second-order valence-electron chi connectivity index (χ2n) is 5.24. The largest absolute Gasteiger partial charge is 0.378 e. The van der Waals surface area contributed by atoms with E-state index in [-0.39, 0.29) is 6.10 Å². The Balaban J connectivity index is 1.70. The van der Waals surface area contributed by atoms with Gasteiger partial charge in [-0.15, -0.1) is 0 Å². The second kappa shape index (κ2) is 6.56. The van der Waals surface area contributed by atoms with Crippen LogP contribution in [0, 0.1) is 0 Å². The third-order valence-electron chi connectivity index (χ3n) is 3.67. The van der Waals surface area contributed by atoms with Gasteiger partial charge in [0.1, 0.15) is 6.04 Å². The van der Waals surface area contributed by atoms with E-state index in [1.54, 1.807) is 6.07 Å². The predicted molar refractivity (Wildman–Crippen MR) is 79.1 cm³/mol. The first-order valence-corrected chi connectivity index (χ1v) is 7.56. The molecule has 0 saturated carbocycles. The van der Waals surface area contributed by atoms with Gasteiger partial charge in [0.25, 0.3) is 0 Å². The molecule has 0 spiro atoms. The molecule has 1 aliphatic rings. The minimum atomic E-state index is -0.507. The summed E-state index contributed by atoms with van der Waals surface area (Å²) in [7, 11) is 0. The van der Waals surface area contributed by atoms with Gasteiger partial charge in [-0.05, 0) is 30.9 Å². The van der Waals surface area contributed by atoms with E-state index >= 15 is 0 Å². The van der Waals surface area contributed by atoms with Crippen molar-refractivity contribution in [2.24, 2.45) is 5.73 Å². The van der Waals surface area contributed by atoms with Gasteiger partial charge < -0.3 is 15.0 Å². The molecule has 2 N–H and O–H groups in total. The summed E-state index contributed by atoms with van der Waals surface area (Å²) in [6, 6.07) is 6.89. The maximum Gasteiger partial charge on any atom is 0.248 e. The van der Waals surface area contributed by atoms with Gasteiger partial charge in [0, 0.05) is 18.1 Å². The second-order valence-corrected chi connectivity index (χ2v) is 5.65. The minimum Gasteiger partial charge on any atom is -0.378 e. The quantitative estimate of drug-likeness (QED) is 0.940. The standard InChI is InChI=1S/C15H18ClN3O2/c16-12-7-2-1-6-11(12)14(17)15-18-13(19-21-15)9-10-5-3-4-8-20-10/h1-2,6-7,10,14H,3-5,8-9,17H2/t10?,14-/m1/s1. The van der Waals surface area contributed by atoms with Crippen LogP contribution in [0.5, 0.6) is 0 Å². The number of benzene rings is 1. The fourth-order valence-corrected chi connectivity index (χ4v) is 2.76. The number of aromatic nitrogens is 2. The fourth-order valence-electron chi connectivity index (χ4n) is 2.51. The predicted octanol–water partition coefficient (Wildman–Crippen LogP) is 2.88. The Bertz CT molecular complexity index is 596. The minimum absolute atomic E-state index is 0.181. The molecule has 112 valence electrons. The first-order valence-electron chi connectivity index (χ1n) is 7.18. The Hall–Kier alpha value is -1.43. The lowest BCUT2D eigenvalue weighted by Gasteiger charge is -2.20. The maximum absolute atomic E-state index is 6.15. The first kappa shape index (κ1) is 14.5. The molecule has 5 nitrogen and oxygen atoms in total. The van der Waals surface area contributed by atoms with E-state index in [0.717, 1.165) is 25.0 Å². The summed E-state index contributed by atoms with van der Waals surface area (Å²) in [5, 5.41) is 4.59. The van der Waals surface area contributed by atoms with Gasteiger partial charge in [-0.2, -0.15) is 4.98 Å². The summed E-state index contributed by atoms with van der Waals surface area (Å²) in [5.74, 6) is 1.02. The van der Waals surface area contributed by atoms with Crippen molar-refractivity contribution in [1.82, 2.24) is 10.1 Å². The van der Waals surface area contributed by atoms with Crippen molar-refractivity contribution in [2.75, 3.05) is 6.61 Å². The molecule has 1 aromatic carbocycles. The maximum atomic E-state index is 6.15. The monoisotopic (exact) mass is 307 g/mol. The Labute approximate surface area is 128 Å². The van der Waals surface area contributed by atoms with Crippen LogP contribution >= 0.6 is 11.6 Å². The van der Waals surface area contributed by atoms with E-state index in [0.29, 0.717) is 23.2 Å². The van der Waals surface area contributed by atoms with Crippen molar-refractivity contribution >= 4 is 11.6 Å². The number of rotatable bonds is 4. The van der Waals surface area contributed by atoms with Crippen molar-refractivity contribution in [3.63, 3.8) is 0 Å². The molecule has 0 radical (unpaired) electrons. The fraction of sp³-hybridized carbons (Fsp3) is 0.467. The third kappa shape index (κ3) is 3.43. The van der Waals surface area contributed by atoms with E-state index in [9.17, 15) is 0 Å². The molecule has 0 amide bonds. The average molecular weight is 308 g/mol. The lowest BCUT2D eigenvalue weighted by Crippen LogP contribution is -2.22. The molecule has 3 rings (SSSR count). The Morgan fingerprint density at radius 1 is 1.33 bits per heavy atom. The molecule has 21 heavy (non-hydrogen) atoms. The highest BCUT2D eigenvalue weighted by atomic mass is 35.5. The van der Waals surface area contributed by atoms with E-state index < -0.39 is 6.04 Å². The highest BCUT2D eigenvalue weighted by Crippen LogP contribution is 2.25. The van der Waals surface area contributed by atoms with Crippen LogP contribution in [0.1, 0.15) is 42.6 Å². The summed E-state index contributed by atoms with van der Waals surface area (Å²) in [6.07, 6.45) is 4.21. The van der Waals surface area contributed by atoms with Crippen LogP contribution in [0.3, 0.4) is 0 Å². The van der Waals surface area contributed by atoms with Gasteiger partial charge in [-0.1, -0.05) is 35.0 Å². The summed E-state index contributed by atoms with van der Waals surface area (Å²) < 4.78 is 11.0. The topological polar surface area (TPSA) is 74.2 Å². The van der Waals surface area contributed by atoms with Crippen LogP contribution in [0.4, 0.5) is 0 Å². The number of ether oxygens (including phenoxy) is 1. The van der Waals surface area contributed by atoms with E-state index in [2.05, 4.69) is 10.1 Å². The van der Waals surface area contributed by atoms with Gasteiger partial charge in [0.05, 0.1) is 6.10 Å². The van der Waals surface area contributed by atoms with E-state index in [1.165, 1.54) is 6.42 Å². The lowest BCUT2D eigenvalue weighted by molar-refractivity contribution is 0.0153. The zero-order chi connectivity index (χ0) is 14.7. The molecular weight excluding hydrogens is 290 g/mol. The van der Waals surface area contributed by atoms with Gasteiger partial charge in [-0.25, -0.2) is 0 Å². The number of nitrogens with zero attached hydrogens (tertiary/aromatic N) is 2. The molecule has 2 heterocycles. The Morgan fingerprint density at radius 2 is 2.19 bits per heavy atom. The van der Waals surface area contributed by atoms with Gasteiger partial charge in [0.15, 0.2) is 5.82 Å². The Kier molecular flexibility index (Phi) is 4.53. The van der Waals surface area contributed by atoms with Crippen LogP contribution in [-0.4, -0.2) is 22.9 Å².